The maximum Gasteiger partial charge on any atom is 0.407 e. The highest BCUT2D eigenvalue weighted by molar-refractivity contribution is 6.10. The Hall–Kier alpha value is -4.02. The zero-order chi connectivity index (χ0) is 26.1. The molecule has 5 rings (SSSR count). The van der Waals surface area contributed by atoms with Gasteiger partial charge in [-0.3, -0.25) is 9.69 Å². The highest BCUT2D eigenvalue weighted by atomic mass is 16.5. The molecule has 2 amide bonds. The van der Waals surface area contributed by atoms with Crippen molar-refractivity contribution >= 4 is 23.6 Å². The van der Waals surface area contributed by atoms with E-state index in [9.17, 15) is 9.59 Å². The highest BCUT2D eigenvalue weighted by Crippen LogP contribution is 2.34. The fourth-order valence-corrected chi connectivity index (χ4v) is 5.10. The summed E-state index contributed by atoms with van der Waals surface area (Å²) in [5.41, 5.74) is 2.56. The Morgan fingerprint density at radius 3 is 2.73 bits per heavy atom. The van der Waals surface area contributed by atoms with Crippen molar-refractivity contribution in [3.63, 3.8) is 0 Å². The van der Waals surface area contributed by atoms with Crippen molar-refractivity contribution in [1.82, 2.24) is 30.0 Å². The summed E-state index contributed by atoms with van der Waals surface area (Å²) in [5, 5.41) is 11.1. The molecule has 0 unspecified atom stereocenters. The number of hydrogen-bond acceptors (Lipinski definition) is 8. The van der Waals surface area contributed by atoms with Gasteiger partial charge in [-0.15, -0.1) is 10.2 Å². The van der Waals surface area contributed by atoms with Gasteiger partial charge in [0.1, 0.15) is 29.8 Å². The second-order valence-corrected chi connectivity index (χ2v) is 9.27. The van der Waals surface area contributed by atoms with Gasteiger partial charge < -0.3 is 19.5 Å². The molecule has 37 heavy (non-hydrogen) atoms. The summed E-state index contributed by atoms with van der Waals surface area (Å²) in [4.78, 5) is 39.0. The summed E-state index contributed by atoms with van der Waals surface area (Å²) in [6.07, 6.45) is 2.37. The number of rotatable bonds is 7. The number of pyridine rings is 2. The Bertz CT molecular complexity index is 1340. The summed E-state index contributed by atoms with van der Waals surface area (Å²) < 4.78 is 7.38. The van der Waals surface area contributed by atoms with Gasteiger partial charge in [0.2, 0.25) is 0 Å². The van der Waals surface area contributed by atoms with E-state index >= 15 is 0 Å². The van der Waals surface area contributed by atoms with Crippen molar-refractivity contribution in [2.75, 3.05) is 23.4 Å². The molecule has 2 aliphatic heterocycles. The lowest BCUT2D eigenvalue weighted by atomic mass is 10.1. The Morgan fingerprint density at radius 1 is 1.19 bits per heavy atom. The average molecular weight is 505 g/mol. The molecule has 0 saturated carbocycles. The summed E-state index contributed by atoms with van der Waals surface area (Å²) in [6, 6.07) is 7.77. The van der Waals surface area contributed by atoms with Gasteiger partial charge in [0.05, 0.1) is 17.8 Å². The predicted octanol–water partition coefficient (Wildman–Crippen LogP) is 3.32. The normalized spacial score (nSPS) is 16.9. The third-order valence-corrected chi connectivity index (χ3v) is 7.08. The first kappa shape index (κ1) is 24.7. The van der Waals surface area contributed by atoms with Crippen LogP contribution in [0.4, 0.5) is 16.4 Å². The smallest absolute Gasteiger partial charge is 0.407 e. The zero-order valence-corrected chi connectivity index (χ0v) is 21.7. The Morgan fingerprint density at radius 2 is 2.03 bits per heavy atom. The van der Waals surface area contributed by atoms with Crippen molar-refractivity contribution in [2.45, 2.75) is 65.8 Å². The number of fused-ring (bicyclic) bond motifs is 1. The minimum absolute atomic E-state index is 0.0218. The van der Waals surface area contributed by atoms with E-state index < -0.39 is 6.09 Å². The minimum Gasteiger partial charge on any atom is -0.443 e. The summed E-state index contributed by atoms with van der Waals surface area (Å²) in [7, 11) is 1.51. The maximum atomic E-state index is 13.7. The first-order valence-corrected chi connectivity index (χ1v) is 12.8. The van der Waals surface area contributed by atoms with E-state index in [4.69, 9.17) is 14.7 Å². The molecule has 0 spiro atoms. The number of carbonyl (C=O) groups excluding carboxylic acids is 2. The van der Waals surface area contributed by atoms with E-state index in [0.29, 0.717) is 41.2 Å². The van der Waals surface area contributed by atoms with Crippen LogP contribution in [0.2, 0.25) is 0 Å². The monoisotopic (exact) mass is 504 g/mol. The second-order valence-electron chi connectivity index (χ2n) is 9.27. The molecule has 194 valence electrons. The number of amides is 2. The summed E-state index contributed by atoms with van der Waals surface area (Å²) in [6.45, 7) is 8.12. The molecule has 1 atom stereocenters. The molecule has 0 aliphatic carbocycles. The number of anilines is 2. The Kier molecular flexibility index (Phi) is 6.77. The lowest BCUT2D eigenvalue weighted by molar-refractivity contribution is 0.0996. The van der Waals surface area contributed by atoms with Gasteiger partial charge in [-0.1, -0.05) is 13.0 Å². The lowest BCUT2D eigenvalue weighted by Crippen LogP contribution is -2.28. The second kappa shape index (κ2) is 10.2. The number of ether oxygens (including phenoxy) is 1. The topological polar surface area (TPSA) is 118 Å². The van der Waals surface area contributed by atoms with Crippen LogP contribution >= 0.6 is 0 Å². The molecule has 0 radical (unpaired) electrons. The van der Waals surface area contributed by atoms with Gasteiger partial charge in [-0.2, -0.15) is 0 Å². The number of aryl methyl sites for hydroxylation is 1. The first-order chi connectivity index (χ1) is 17.9. The zero-order valence-electron chi connectivity index (χ0n) is 21.7. The van der Waals surface area contributed by atoms with Crippen LogP contribution in [0, 0.1) is 0 Å². The molecule has 3 aromatic heterocycles. The van der Waals surface area contributed by atoms with Crippen LogP contribution in [0.1, 0.15) is 61.1 Å². The van der Waals surface area contributed by atoms with Crippen LogP contribution in [-0.2, 0) is 30.9 Å². The standard InChI is InChI=1S/C26H32N8O3/c1-5-21-30-31-24(32(21)6-2)19-10-7-11-22(28-19)34-14-18-17(25(34)35)13-23(33-12-8-9-16(33)3)29-20(18)15-37-26(36)27-4/h7,10-11,13,16H,5-6,8-9,12,14-15H2,1-4H3,(H,27,36)/t16-/m1/s1. The van der Waals surface area contributed by atoms with Crippen LogP contribution in [0.3, 0.4) is 0 Å². The fraction of sp³-hybridized carbons (Fsp3) is 0.462. The minimum atomic E-state index is -0.544. The number of carbonyl (C=O) groups is 2. The lowest BCUT2D eigenvalue weighted by Gasteiger charge is -2.24. The van der Waals surface area contributed by atoms with Crippen LogP contribution < -0.4 is 15.1 Å². The molecule has 1 saturated heterocycles. The highest BCUT2D eigenvalue weighted by Gasteiger charge is 2.35. The van der Waals surface area contributed by atoms with E-state index in [2.05, 4.69) is 27.3 Å². The van der Waals surface area contributed by atoms with Crippen LogP contribution in [-0.4, -0.2) is 56.4 Å². The Balaban J connectivity index is 1.51. The van der Waals surface area contributed by atoms with E-state index in [1.807, 2.05) is 42.7 Å². The fourth-order valence-electron chi connectivity index (χ4n) is 5.10. The molecule has 2 aliphatic rings. The van der Waals surface area contributed by atoms with Gasteiger partial charge in [0.15, 0.2) is 5.82 Å². The van der Waals surface area contributed by atoms with Crippen molar-refractivity contribution < 1.29 is 14.3 Å². The van der Waals surface area contributed by atoms with Gasteiger partial charge in [-0.25, -0.2) is 14.8 Å². The average Bonchev–Trinajstić information content (AvgIpc) is 3.63. The number of aromatic nitrogens is 5. The molecule has 3 aromatic rings. The van der Waals surface area contributed by atoms with Crippen LogP contribution in [0.25, 0.3) is 11.5 Å². The number of nitrogens with one attached hydrogen (secondary N) is 1. The molecule has 5 heterocycles. The quantitative estimate of drug-likeness (QED) is 0.521. The van der Waals surface area contributed by atoms with Gasteiger partial charge in [-0.05, 0) is 44.9 Å². The largest absolute Gasteiger partial charge is 0.443 e. The van der Waals surface area contributed by atoms with Crippen molar-refractivity contribution in [3.05, 3.63) is 46.9 Å². The Labute approximate surface area is 215 Å². The van der Waals surface area contributed by atoms with Crippen LogP contribution in [0.15, 0.2) is 24.3 Å². The molecule has 11 nitrogen and oxygen atoms in total. The maximum absolute atomic E-state index is 13.7. The van der Waals surface area contributed by atoms with E-state index in [1.54, 1.807) is 4.90 Å². The summed E-state index contributed by atoms with van der Waals surface area (Å²) >= 11 is 0. The van der Waals surface area contributed by atoms with Crippen molar-refractivity contribution in [1.29, 1.82) is 0 Å². The predicted molar refractivity (Wildman–Crippen MR) is 138 cm³/mol. The molecule has 0 bridgehead atoms. The number of nitrogens with zero attached hydrogens (tertiary/aromatic N) is 7. The van der Waals surface area contributed by atoms with Gasteiger partial charge in [0, 0.05) is 38.2 Å². The van der Waals surface area contributed by atoms with Crippen molar-refractivity contribution in [3.8, 4) is 11.5 Å². The molecule has 0 aromatic carbocycles. The third-order valence-electron chi connectivity index (χ3n) is 7.08. The first-order valence-electron chi connectivity index (χ1n) is 12.8. The van der Waals surface area contributed by atoms with E-state index in [1.165, 1.54) is 7.05 Å². The van der Waals surface area contributed by atoms with Gasteiger partial charge >= 0.3 is 6.09 Å². The molecule has 1 N–H and O–H groups in total. The molecular weight excluding hydrogens is 472 g/mol. The molecular formula is C26H32N8O3. The summed E-state index contributed by atoms with van der Waals surface area (Å²) in [5.74, 6) is 2.68. The van der Waals surface area contributed by atoms with Crippen molar-refractivity contribution in [2.24, 2.45) is 0 Å². The number of hydrogen-bond donors (Lipinski definition) is 1. The van der Waals surface area contributed by atoms with E-state index in [-0.39, 0.29) is 12.5 Å². The van der Waals surface area contributed by atoms with E-state index in [0.717, 1.165) is 49.6 Å². The third kappa shape index (κ3) is 4.49. The van der Waals surface area contributed by atoms with Crippen LogP contribution in [0.5, 0.6) is 0 Å². The van der Waals surface area contributed by atoms with Gasteiger partial charge in [0.25, 0.3) is 5.91 Å². The molecule has 1 fully saturated rings. The SMILES string of the molecule is CCc1nnc(-c2cccc(N3Cc4c(cc(N5CCC[C@H]5C)nc4COC(=O)NC)C3=O)n2)n1CC. The number of alkyl carbamates (subject to hydrolysis) is 1. The molecule has 11 heteroatoms.